The minimum absolute atomic E-state index is 0.531. The molecule has 3 heterocycles. The Morgan fingerprint density at radius 2 is 1.38 bits per heavy atom. The molecule has 122 valence electrons. The molecule has 0 spiro atoms. The molecule has 0 saturated carbocycles. The maximum atomic E-state index is 6.07. The number of hydrogen-bond acceptors (Lipinski definition) is 4. The largest absolute Gasteiger partial charge is 0.378 e. The fraction of sp³-hybridized carbons (Fsp3) is 1.00. The summed E-state index contributed by atoms with van der Waals surface area (Å²) in [5, 5.41) is 5.05. The smallest absolute Gasteiger partial charge is 0.0600 e. The van der Waals surface area contributed by atoms with E-state index in [0.717, 1.165) is 6.61 Å². The minimum Gasteiger partial charge on any atom is -0.378 e. The van der Waals surface area contributed by atoms with Crippen molar-refractivity contribution in [1.29, 1.82) is 0 Å². The summed E-state index contributed by atoms with van der Waals surface area (Å²) in [7, 11) is 0. The Hall–Kier alpha value is -0.160. The Bertz CT molecular complexity index is 284. The second kappa shape index (κ2) is 8.47. The number of piperidine rings is 1. The SMILES string of the molecule is C(CCCN1CCC1)CCOC1CCN(N2CCC2)CC1. The van der Waals surface area contributed by atoms with Crippen LogP contribution in [0, 0.1) is 0 Å². The van der Waals surface area contributed by atoms with Crippen molar-refractivity contribution in [3.05, 3.63) is 0 Å². The van der Waals surface area contributed by atoms with E-state index in [0.29, 0.717) is 6.10 Å². The van der Waals surface area contributed by atoms with Crippen LogP contribution in [0.2, 0.25) is 0 Å². The van der Waals surface area contributed by atoms with Gasteiger partial charge in [-0.25, -0.2) is 10.0 Å². The molecule has 21 heavy (non-hydrogen) atoms. The molecule has 0 aliphatic carbocycles. The molecule has 4 nitrogen and oxygen atoms in total. The van der Waals surface area contributed by atoms with Gasteiger partial charge >= 0.3 is 0 Å². The van der Waals surface area contributed by atoms with Gasteiger partial charge in [0.1, 0.15) is 0 Å². The van der Waals surface area contributed by atoms with Crippen molar-refractivity contribution in [2.45, 2.75) is 57.5 Å². The lowest BCUT2D eigenvalue weighted by molar-refractivity contribution is -0.110. The summed E-state index contributed by atoms with van der Waals surface area (Å²) in [6.07, 6.45) is 11.2. The average Bonchev–Trinajstić information content (AvgIpc) is 2.39. The summed E-state index contributed by atoms with van der Waals surface area (Å²) in [6.45, 7) is 9.99. The van der Waals surface area contributed by atoms with E-state index in [1.807, 2.05) is 0 Å². The zero-order chi connectivity index (χ0) is 14.3. The van der Waals surface area contributed by atoms with Gasteiger partial charge in [0.25, 0.3) is 0 Å². The molecular weight excluding hydrogens is 262 g/mol. The van der Waals surface area contributed by atoms with Gasteiger partial charge in [-0.15, -0.1) is 0 Å². The summed E-state index contributed by atoms with van der Waals surface area (Å²) in [4.78, 5) is 2.57. The lowest BCUT2D eigenvalue weighted by Gasteiger charge is -2.44. The predicted octanol–water partition coefficient (Wildman–Crippen LogP) is 2.35. The second-order valence-electron chi connectivity index (χ2n) is 6.94. The van der Waals surface area contributed by atoms with Crippen LogP contribution >= 0.6 is 0 Å². The van der Waals surface area contributed by atoms with Gasteiger partial charge < -0.3 is 9.64 Å². The Kier molecular flexibility index (Phi) is 6.34. The van der Waals surface area contributed by atoms with Crippen molar-refractivity contribution < 1.29 is 4.74 Å². The topological polar surface area (TPSA) is 19.0 Å². The maximum Gasteiger partial charge on any atom is 0.0600 e. The van der Waals surface area contributed by atoms with Gasteiger partial charge in [-0.2, -0.15) is 0 Å². The van der Waals surface area contributed by atoms with Gasteiger partial charge in [-0.3, -0.25) is 0 Å². The van der Waals surface area contributed by atoms with Gasteiger partial charge in [0.05, 0.1) is 6.10 Å². The van der Waals surface area contributed by atoms with Crippen molar-refractivity contribution in [2.24, 2.45) is 0 Å². The average molecular weight is 295 g/mol. The molecule has 3 fully saturated rings. The van der Waals surface area contributed by atoms with Crippen molar-refractivity contribution in [2.75, 3.05) is 52.4 Å². The maximum absolute atomic E-state index is 6.07. The lowest BCUT2D eigenvalue weighted by Crippen LogP contribution is -2.54. The zero-order valence-electron chi connectivity index (χ0n) is 13.6. The Labute approximate surface area is 130 Å². The second-order valence-corrected chi connectivity index (χ2v) is 6.94. The van der Waals surface area contributed by atoms with Gasteiger partial charge in [-0.05, 0) is 58.2 Å². The van der Waals surface area contributed by atoms with Crippen LogP contribution in [0.1, 0.15) is 51.4 Å². The van der Waals surface area contributed by atoms with E-state index in [4.69, 9.17) is 4.74 Å². The highest BCUT2D eigenvalue weighted by molar-refractivity contribution is 4.75. The molecule has 0 atom stereocenters. The van der Waals surface area contributed by atoms with Crippen LogP contribution in [-0.2, 0) is 4.74 Å². The van der Waals surface area contributed by atoms with E-state index in [9.17, 15) is 0 Å². The van der Waals surface area contributed by atoms with E-state index in [2.05, 4.69) is 14.9 Å². The highest BCUT2D eigenvalue weighted by atomic mass is 16.5. The van der Waals surface area contributed by atoms with Crippen molar-refractivity contribution in [3.8, 4) is 0 Å². The Balaban J connectivity index is 1.13. The summed E-state index contributed by atoms with van der Waals surface area (Å²) in [6, 6.07) is 0. The van der Waals surface area contributed by atoms with Crippen LogP contribution in [0.3, 0.4) is 0 Å². The van der Waals surface area contributed by atoms with Crippen LogP contribution in [0.15, 0.2) is 0 Å². The van der Waals surface area contributed by atoms with Crippen LogP contribution in [0.25, 0.3) is 0 Å². The molecule has 0 bridgehead atoms. The summed E-state index contributed by atoms with van der Waals surface area (Å²) in [5.41, 5.74) is 0. The third-order valence-electron chi connectivity index (χ3n) is 5.32. The first-order valence-corrected chi connectivity index (χ1v) is 9.25. The number of nitrogens with zero attached hydrogens (tertiary/aromatic N) is 3. The first-order chi connectivity index (χ1) is 10.4. The highest BCUT2D eigenvalue weighted by Gasteiger charge is 2.26. The molecule has 0 N–H and O–H groups in total. The molecule has 0 radical (unpaired) electrons. The molecule has 3 saturated heterocycles. The van der Waals surface area contributed by atoms with Crippen molar-refractivity contribution >= 4 is 0 Å². The number of hydrazine groups is 1. The van der Waals surface area contributed by atoms with Crippen molar-refractivity contribution in [3.63, 3.8) is 0 Å². The summed E-state index contributed by atoms with van der Waals surface area (Å²) < 4.78 is 6.07. The van der Waals surface area contributed by atoms with E-state index < -0.39 is 0 Å². The number of rotatable bonds is 9. The fourth-order valence-electron chi connectivity index (χ4n) is 3.52. The number of hydrogen-bond donors (Lipinski definition) is 0. The third-order valence-corrected chi connectivity index (χ3v) is 5.32. The van der Waals surface area contributed by atoms with Gasteiger partial charge in [0.2, 0.25) is 0 Å². The Morgan fingerprint density at radius 3 is 2.00 bits per heavy atom. The quantitative estimate of drug-likeness (QED) is 0.608. The molecule has 0 amide bonds. The van der Waals surface area contributed by atoms with Crippen LogP contribution < -0.4 is 0 Å². The lowest BCUT2D eigenvalue weighted by atomic mass is 10.1. The molecule has 3 rings (SSSR count). The molecule has 0 unspecified atom stereocenters. The fourth-order valence-corrected chi connectivity index (χ4v) is 3.52. The van der Waals surface area contributed by atoms with E-state index in [1.54, 1.807) is 0 Å². The predicted molar refractivity (Wildman–Crippen MR) is 86.3 cm³/mol. The van der Waals surface area contributed by atoms with Gasteiger partial charge in [0, 0.05) is 32.8 Å². The molecular formula is C17H33N3O. The molecule has 0 aromatic carbocycles. The van der Waals surface area contributed by atoms with E-state index >= 15 is 0 Å². The van der Waals surface area contributed by atoms with E-state index in [-0.39, 0.29) is 0 Å². The minimum atomic E-state index is 0.531. The Morgan fingerprint density at radius 1 is 0.714 bits per heavy atom. The molecule has 0 aromatic rings. The van der Waals surface area contributed by atoms with Crippen LogP contribution in [0.5, 0.6) is 0 Å². The summed E-state index contributed by atoms with van der Waals surface area (Å²) in [5.74, 6) is 0. The zero-order valence-corrected chi connectivity index (χ0v) is 13.6. The van der Waals surface area contributed by atoms with E-state index in [1.165, 1.54) is 97.2 Å². The highest BCUT2D eigenvalue weighted by Crippen LogP contribution is 2.19. The number of unbranched alkanes of at least 4 members (excludes halogenated alkanes) is 3. The van der Waals surface area contributed by atoms with Crippen LogP contribution in [-0.4, -0.2) is 73.4 Å². The molecule has 4 heteroatoms. The van der Waals surface area contributed by atoms with Gasteiger partial charge in [0.15, 0.2) is 0 Å². The molecule has 0 aromatic heterocycles. The number of ether oxygens (including phenoxy) is 1. The van der Waals surface area contributed by atoms with Crippen LogP contribution in [0.4, 0.5) is 0 Å². The number of likely N-dealkylation sites (tertiary alicyclic amines) is 1. The van der Waals surface area contributed by atoms with Crippen molar-refractivity contribution in [1.82, 2.24) is 14.9 Å². The van der Waals surface area contributed by atoms with Gasteiger partial charge in [-0.1, -0.05) is 12.8 Å². The third kappa shape index (κ3) is 4.92. The molecule has 3 aliphatic heterocycles. The molecule has 3 aliphatic rings. The normalized spacial score (nSPS) is 25.7. The first-order valence-electron chi connectivity index (χ1n) is 9.25. The standard InChI is InChI=1S/C17H33N3O/c1(3-9-18-10-5-11-18)2-4-16-21-17-7-14-20(15-8-17)19-12-6-13-19/h17H,1-16H2. The first kappa shape index (κ1) is 15.7. The summed E-state index contributed by atoms with van der Waals surface area (Å²) >= 11 is 0. The monoisotopic (exact) mass is 295 g/mol.